The van der Waals surface area contributed by atoms with E-state index in [9.17, 15) is 31.9 Å². The van der Waals surface area contributed by atoms with Crippen molar-refractivity contribution < 1.29 is 27.1 Å². The Morgan fingerprint density at radius 3 is 2.13 bits per heavy atom. The molecule has 1 aliphatic heterocycles. The number of hydrogen-bond acceptors (Lipinski definition) is 4. The van der Waals surface area contributed by atoms with Gasteiger partial charge in [0.1, 0.15) is 10.9 Å². The predicted molar refractivity (Wildman–Crippen MR) is 95.1 cm³/mol. The lowest BCUT2D eigenvalue weighted by Gasteiger charge is -2.13. The van der Waals surface area contributed by atoms with E-state index in [4.69, 9.17) is 5.41 Å². The predicted octanol–water partition coefficient (Wildman–Crippen LogP) is 1.98. The van der Waals surface area contributed by atoms with Crippen LogP contribution in [0.5, 0.6) is 5.88 Å². The third kappa shape index (κ3) is 2.74. The van der Waals surface area contributed by atoms with Crippen molar-refractivity contribution >= 4 is 17.6 Å². The van der Waals surface area contributed by atoms with Gasteiger partial charge in [-0.2, -0.15) is 5.10 Å². The first-order valence-corrected chi connectivity index (χ1v) is 8.23. The van der Waals surface area contributed by atoms with Crippen LogP contribution in [0.1, 0.15) is 11.1 Å². The van der Waals surface area contributed by atoms with Gasteiger partial charge in [-0.05, 0) is 18.2 Å². The molecule has 0 saturated carbocycles. The zero-order chi connectivity index (χ0) is 21.7. The molecule has 0 radical (unpaired) electrons. The van der Waals surface area contributed by atoms with Crippen molar-refractivity contribution in [1.82, 2.24) is 4.98 Å². The summed E-state index contributed by atoms with van der Waals surface area (Å²) >= 11 is 0. The second kappa shape index (κ2) is 6.79. The lowest BCUT2D eigenvalue weighted by molar-refractivity contribution is 0.377. The quantitative estimate of drug-likeness (QED) is 0.336. The summed E-state index contributed by atoms with van der Waals surface area (Å²) in [5.41, 5.74) is -2.38. The molecule has 0 saturated heterocycles. The molecule has 152 valence electrons. The Morgan fingerprint density at radius 2 is 1.53 bits per heavy atom. The van der Waals surface area contributed by atoms with E-state index in [0.717, 1.165) is 5.01 Å². The number of amidine groups is 1. The van der Waals surface area contributed by atoms with Gasteiger partial charge in [-0.1, -0.05) is 18.2 Å². The van der Waals surface area contributed by atoms with Crippen LogP contribution in [-0.4, -0.2) is 15.9 Å². The molecule has 3 aromatic rings. The van der Waals surface area contributed by atoms with E-state index in [-0.39, 0.29) is 16.8 Å². The monoisotopic (exact) mass is 420 g/mol. The van der Waals surface area contributed by atoms with Gasteiger partial charge in [0, 0.05) is 0 Å². The molecule has 2 heterocycles. The van der Waals surface area contributed by atoms with E-state index in [2.05, 4.69) is 5.10 Å². The maximum Gasteiger partial charge on any atom is 0.260 e. The van der Waals surface area contributed by atoms with Crippen LogP contribution in [0.25, 0.3) is 6.08 Å². The fourth-order valence-corrected chi connectivity index (χ4v) is 2.96. The highest BCUT2D eigenvalue weighted by Gasteiger charge is 2.28. The van der Waals surface area contributed by atoms with Crippen LogP contribution in [0.4, 0.5) is 27.6 Å². The first-order chi connectivity index (χ1) is 14.2. The van der Waals surface area contributed by atoms with Gasteiger partial charge in [0.2, 0.25) is 11.7 Å². The van der Waals surface area contributed by atoms with Crippen LogP contribution in [0.3, 0.4) is 0 Å². The minimum atomic E-state index is -2.34. The van der Waals surface area contributed by atoms with Crippen LogP contribution in [0, 0.1) is 34.5 Å². The van der Waals surface area contributed by atoms with Gasteiger partial charge in [-0.15, -0.1) is 0 Å². The number of hydrogen-bond donors (Lipinski definition) is 3. The lowest BCUT2D eigenvalue weighted by Crippen LogP contribution is -2.42. The van der Waals surface area contributed by atoms with Gasteiger partial charge in [-0.3, -0.25) is 15.2 Å². The van der Waals surface area contributed by atoms with Crippen molar-refractivity contribution in [2.75, 3.05) is 5.01 Å². The zero-order valence-corrected chi connectivity index (χ0v) is 14.6. The van der Waals surface area contributed by atoms with E-state index in [1.807, 2.05) is 4.98 Å². The molecule has 0 aliphatic carbocycles. The summed E-state index contributed by atoms with van der Waals surface area (Å²) < 4.78 is 68.5. The van der Waals surface area contributed by atoms with Crippen molar-refractivity contribution in [2.45, 2.75) is 0 Å². The van der Waals surface area contributed by atoms with E-state index in [1.165, 1.54) is 0 Å². The summed E-state index contributed by atoms with van der Waals surface area (Å²) in [5.74, 6) is -12.1. The van der Waals surface area contributed by atoms with Crippen molar-refractivity contribution in [3.05, 3.63) is 91.5 Å². The van der Waals surface area contributed by atoms with Crippen molar-refractivity contribution in [2.24, 2.45) is 5.10 Å². The Balaban J connectivity index is 2.07. The van der Waals surface area contributed by atoms with Gasteiger partial charge in [-0.25, -0.2) is 27.0 Å². The molecule has 2 aromatic carbocycles. The SMILES string of the molecule is N=C1c2c(O)[nH]c(=O)c(=Cc3c(F)c(F)c(F)c(F)c3F)c2=NN1c1ccccc1. The largest absolute Gasteiger partial charge is 0.494 e. The maximum atomic E-state index is 14.1. The molecule has 6 nitrogen and oxygen atoms in total. The van der Waals surface area contributed by atoms with Crippen LogP contribution < -0.4 is 21.1 Å². The molecular weight excluding hydrogens is 411 g/mol. The van der Waals surface area contributed by atoms with Gasteiger partial charge >= 0.3 is 0 Å². The van der Waals surface area contributed by atoms with Crippen molar-refractivity contribution in [3.63, 3.8) is 0 Å². The molecule has 3 N–H and O–H groups in total. The van der Waals surface area contributed by atoms with E-state index >= 15 is 0 Å². The first kappa shape index (κ1) is 19.3. The number of aromatic hydroxyl groups is 1. The number of nitrogens with one attached hydrogen (secondary N) is 2. The van der Waals surface area contributed by atoms with E-state index in [0.29, 0.717) is 11.8 Å². The number of aromatic nitrogens is 1. The number of H-pyrrole nitrogens is 1. The molecule has 4 rings (SSSR count). The highest BCUT2D eigenvalue weighted by atomic mass is 19.2. The molecule has 0 bridgehead atoms. The summed E-state index contributed by atoms with van der Waals surface area (Å²) in [7, 11) is 0. The van der Waals surface area contributed by atoms with Crippen LogP contribution in [0.2, 0.25) is 0 Å². The number of halogens is 5. The highest BCUT2D eigenvalue weighted by Crippen LogP contribution is 2.24. The standard InChI is InChI=1S/C19H9F5N4O2/c20-11-8(12(21)14(23)15(24)13(11)22)6-9-16-10(19(30)26-18(9)29)17(25)28(27-16)7-4-2-1-3-5-7/h1-6,25,30H,(H,26,29). The minimum Gasteiger partial charge on any atom is -0.494 e. The molecule has 0 atom stereocenters. The van der Waals surface area contributed by atoms with Gasteiger partial charge in [0.25, 0.3) is 5.56 Å². The number of para-hydroxylation sites is 1. The molecular formula is C19H9F5N4O2. The van der Waals surface area contributed by atoms with Gasteiger partial charge in [0.15, 0.2) is 29.1 Å². The fourth-order valence-electron chi connectivity index (χ4n) is 2.96. The van der Waals surface area contributed by atoms with Crippen LogP contribution >= 0.6 is 0 Å². The summed E-state index contributed by atoms with van der Waals surface area (Å²) in [6, 6.07) is 8.09. The Bertz CT molecular complexity index is 1370. The second-order valence-corrected chi connectivity index (χ2v) is 6.16. The molecule has 0 fully saturated rings. The number of aromatic amines is 1. The summed E-state index contributed by atoms with van der Waals surface area (Å²) in [5, 5.41) is 22.4. The van der Waals surface area contributed by atoms with Crippen molar-refractivity contribution in [1.29, 1.82) is 5.41 Å². The van der Waals surface area contributed by atoms with Crippen LogP contribution in [0.15, 0.2) is 40.2 Å². The number of rotatable bonds is 2. The summed E-state index contributed by atoms with van der Waals surface area (Å²) in [4.78, 5) is 14.3. The number of pyridine rings is 1. The number of anilines is 1. The van der Waals surface area contributed by atoms with Gasteiger partial charge in [0.05, 0.1) is 16.5 Å². The molecule has 0 amide bonds. The molecule has 0 spiro atoms. The average Bonchev–Trinajstić information content (AvgIpc) is 3.08. The Morgan fingerprint density at radius 1 is 0.967 bits per heavy atom. The molecule has 0 unspecified atom stereocenters. The second-order valence-electron chi connectivity index (χ2n) is 6.16. The third-order valence-electron chi connectivity index (χ3n) is 4.39. The Hall–Kier alpha value is -4.02. The molecule has 1 aromatic heterocycles. The zero-order valence-electron chi connectivity index (χ0n) is 14.6. The number of nitrogens with zero attached hydrogens (tertiary/aromatic N) is 2. The summed E-state index contributed by atoms with van der Waals surface area (Å²) in [6.45, 7) is 0. The van der Waals surface area contributed by atoms with Gasteiger partial charge < -0.3 is 5.11 Å². The van der Waals surface area contributed by atoms with Crippen LogP contribution in [-0.2, 0) is 0 Å². The van der Waals surface area contributed by atoms with Crippen molar-refractivity contribution in [3.8, 4) is 5.88 Å². The summed E-state index contributed by atoms with van der Waals surface area (Å²) in [6.07, 6.45) is 0.429. The molecule has 1 aliphatic rings. The smallest absolute Gasteiger partial charge is 0.260 e. The molecule has 30 heavy (non-hydrogen) atoms. The topological polar surface area (TPSA) is 92.5 Å². The van der Waals surface area contributed by atoms with E-state index in [1.54, 1.807) is 30.3 Å². The normalized spacial score (nSPS) is 13.6. The number of fused-ring (bicyclic) bond motifs is 1. The fraction of sp³-hybridized carbons (Fsp3) is 0. The minimum absolute atomic E-state index is 0.284. The van der Waals surface area contributed by atoms with E-state index < -0.39 is 51.3 Å². The third-order valence-corrected chi connectivity index (χ3v) is 4.39. The highest BCUT2D eigenvalue weighted by molar-refractivity contribution is 6.10. The number of benzene rings is 2. The Kier molecular flexibility index (Phi) is 4.37. The lowest BCUT2D eigenvalue weighted by atomic mass is 10.1. The first-order valence-electron chi connectivity index (χ1n) is 8.23. The Labute approximate surface area is 163 Å². The average molecular weight is 420 g/mol. The molecule has 11 heteroatoms. The maximum absolute atomic E-state index is 14.1.